The SMILES string of the molecule is CC(Br)C=Cc1cccc2ccccc12. The van der Waals surface area contributed by atoms with E-state index in [1.807, 2.05) is 0 Å². The lowest BCUT2D eigenvalue weighted by atomic mass is 10.0. The van der Waals surface area contributed by atoms with E-state index in [0.29, 0.717) is 4.83 Å². The third-order valence-electron chi connectivity index (χ3n) is 2.36. The van der Waals surface area contributed by atoms with Crippen molar-refractivity contribution in [3.05, 3.63) is 54.1 Å². The van der Waals surface area contributed by atoms with Gasteiger partial charge in [-0.2, -0.15) is 0 Å². The van der Waals surface area contributed by atoms with Crippen LogP contribution < -0.4 is 0 Å². The predicted octanol–water partition coefficient (Wildman–Crippen LogP) is 4.64. The molecule has 76 valence electrons. The van der Waals surface area contributed by atoms with Crippen LogP contribution in [0.25, 0.3) is 16.8 Å². The van der Waals surface area contributed by atoms with Gasteiger partial charge in [-0.3, -0.25) is 0 Å². The largest absolute Gasteiger partial charge is 0.0848 e. The van der Waals surface area contributed by atoms with E-state index >= 15 is 0 Å². The Morgan fingerprint density at radius 3 is 2.60 bits per heavy atom. The van der Waals surface area contributed by atoms with Crippen molar-refractivity contribution in [1.29, 1.82) is 0 Å². The summed E-state index contributed by atoms with van der Waals surface area (Å²) in [7, 11) is 0. The molecule has 0 bridgehead atoms. The number of hydrogen-bond acceptors (Lipinski definition) is 0. The fourth-order valence-electron chi connectivity index (χ4n) is 1.63. The summed E-state index contributed by atoms with van der Waals surface area (Å²) >= 11 is 3.51. The Morgan fingerprint density at radius 2 is 1.80 bits per heavy atom. The molecule has 2 aromatic carbocycles. The number of benzene rings is 2. The highest BCUT2D eigenvalue weighted by Crippen LogP contribution is 2.20. The van der Waals surface area contributed by atoms with Gasteiger partial charge in [-0.05, 0) is 23.3 Å². The molecule has 0 N–H and O–H groups in total. The van der Waals surface area contributed by atoms with Crippen molar-refractivity contribution in [3.63, 3.8) is 0 Å². The molecule has 2 rings (SSSR count). The van der Waals surface area contributed by atoms with Crippen molar-refractivity contribution in [3.8, 4) is 0 Å². The highest BCUT2D eigenvalue weighted by atomic mass is 79.9. The summed E-state index contributed by atoms with van der Waals surface area (Å²) in [4.78, 5) is 0.413. The smallest absolute Gasteiger partial charge is 0.0300 e. The lowest BCUT2D eigenvalue weighted by molar-refractivity contribution is 1.28. The number of allylic oxidation sites excluding steroid dienone is 1. The summed E-state index contributed by atoms with van der Waals surface area (Å²) in [5, 5.41) is 2.60. The van der Waals surface area contributed by atoms with Crippen LogP contribution >= 0.6 is 15.9 Å². The molecule has 0 aliphatic rings. The maximum Gasteiger partial charge on any atom is 0.0300 e. The molecule has 0 heterocycles. The first-order chi connectivity index (χ1) is 7.27. The van der Waals surface area contributed by atoms with Gasteiger partial charge in [0.15, 0.2) is 0 Å². The third kappa shape index (κ3) is 2.48. The Balaban J connectivity index is 2.51. The van der Waals surface area contributed by atoms with E-state index in [9.17, 15) is 0 Å². The second-order valence-electron chi connectivity index (χ2n) is 3.61. The minimum absolute atomic E-state index is 0.413. The van der Waals surface area contributed by atoms with Crippen LogP contribution in [0.2, 0.25) is 0 Å². The molecule has 0 nitrogen and oxygen atoms in total. The maximum atomic E-state index is 3.51. The van der Waals surface area contributed by atoms with Crippen LogP contribution in [0.15, 0.2) is 48.5 Å². The summed E-state index contributed by atoms with van der Waals surface area (Å²) in [6.07, 6.45) is 4.32. The summed E-state index contributed by atoms with van der Waals surface area (Å²) < 4.78 is 0. The van der Waals surface area contributed by atoms with E-state index < -0.39 is 0 Å². The van der Waals surface area contributed by atoms with Crippen molar-refractivity contribution in [2.24, 2.45) is 0 Å². The molecule has 0 saturated carbocycles. The Bertz CT molecular complexity index is 478. The standard InChI is InChI=1S/C14H13Br/c1-11(15)9-10-13-7-4-6-12-5-2-3-8-14(12)13/h2-11H,1H3. The van der Waals surface area contributed by atoms with Crippen LogP contribution in [0.1, 0.15) is 12.5 Å². The van der Waals surface area contributed by atoms with Gasteiger partial charge in [0.2, 0.25) is 0 Å². The summed E-state index contributed by atoms with van der Waals surface area (Å²) in [6, 6.07) is 14.8. The molecule has 0 fully saturated rings. The Kier molecular flexibility index (Phi) is 3.22. The Hall–Kier alpha value is -1.08. The number of fused-ring (bicyclic) bond motifs is 1. The highest BCUT2D eigenvalue weighted by molar-refractivity contribution is 9.09. The van der Waals surface area contributed by atoms with E-state index in [1.165, 1.54) is 16.3 Å². The summed E-state index contributed by atoms with van der Waals surface area (Å²) in [6.45, 7) is 2.11. The molecule has 1 atom stereocenters. The zero-order valence-electron chi connectivity index (χ0n) is 8.65. The molecule has 0 aliphatic heterocycles. The van der Waals surface area contributed by atoms with Gasteiger partial charge >= 0.3 is 0 Å². The van der Waals surface area contributed by atoms with Crippen molar-refractivity contribution < 1.29 is 0 Å². The Labute approximate surface area is 98.8 Å². The van der Waals surface area contributed by atoms with E-state index in [2.05, 4.69) is 77.5 Å². The monoisotopic (exact) mass is 260 g/mol. The lowest BCUT2D eigenvalue weighted by Crippen LogP contribution is -1.81. The third-order valence-corrected chi connectivity index (χ3v) is 2.67. The number of rotatable bonds is 2. The van der Waals surface area contributed by atoms with Gasteiger partial charge in [0, 0.05) is 4.83 Å². The zero-order valence-corrected chi connectivity index (χ0v) is 10.2. The first kappa shape index (κ1) is 10.4. The highest BCUT2D eigenvalue weighted by Gasteiger charge is 1.96. The summed E-state index contributed by atoms with van der Waals surface area (Å²) in [5.74, 6) is 0. The van der Waals surface area contributed by atoms with Crippen molar-refractivity contribution in [2.75, 3.05) is 0 Å². The predicted molar refractivity (Wildman–Crippen MR) is 71.4 cm³/mol. The van der Waals surface area contributed by atoms with Gasteiger partial charge in [0.05, 0.1) is 0 Å². The van der Waals surface area contributed by atoms with Gasteiger partial charge in [0.25, 0.3) is 0 Å². The Morgan fingerprint density at radius 1 is 1.07 bits per heavy atom. The second-order valence-corrected chi connectivity index (χ2v) is 5.05. The van der Waals surface area contributed by atoms with Crippen molar-refractivity contribution in [1.82, 2.24) is 0 Å². The molecule has 1 heteroatoms. The molecule has 0 amide bonds. The van der Waals surface area contributed by atoms with Crippen LogP contribution in [0.3, 0.4) is 0 Å². The first-order valence-corrected chi connectivity index (χ1v) is 5.99. The minimum Gasteiger partial charge on any atom is -0.0848 e. The van der Waals surface area contributed by atoms with Gasteiger partial charge in [-0.15, -0.1) is 0 Å². The van der Waals surface area contributed by atoms with Gasteiger partial charge < -0.3 is 0 Å². The van der Waals surface area contributed by atoms with E-state index in [0.717, 1.165) is 0 Å². The fourth-order valence-corrected chi connectivity index (χ4v) is 1.78. The minimum atomic E-state index is 0.413. The average Bonchev–Trinajstić information content (AvgIpc) is 2.26. The van der Waals surface area contributed by atoms with Crippen LogP contribution in [0.5, 0.6) is 0 Å². The van der Waals surface area contributed by atoms with Crippen LogP contribution in [-0.2, 0) is 0 Å². The molecule has 0 spiro atoms. The molecule has 2 aromatic rings. The molecule has 1 unspecified atom stereocenters. The second kappa shape index (κ2) is 4.63. The summed E-state index contributed by atoms with van der Waals surface area (Å²) in [5.41, 5.74) is 1.28. The quantitative estimate of drug-likeness (QED) is 0.691. The molecule has 0 aliphatic carbocycles. The fraction of sp³-hybridized carbons (Fsp3) is 0.143. The van der Waals surface area contributed by atoms with Crippen molar-refractivity contribution >= 4 is 32.8 Å². The average molecular weight is 261 g/mol. The molecular weight excluding hydrogens is 248 g/mol. The molecule has 15 heavy (non-hydrogen) atoms. The maximum absolute atomic E-state index is 3.51. The van der Waals surface area contributed by atoms with Gasteiger partial charge in [0.1, 0.15) is 0 Å². The first-order valence-electron chi connectivity index (χ1n) is 5.07. The molecule has 0 aromatic heterocycles. The molecule has 0 saturated heterocycles. The van der Waals surface area contributed by atoms with Crippen LogP contribution in [0, 0.1) is 0 Å². The topological polar surface area (TPSA) is 0 Å². The number of halogens is 1. The van der Waals surface area contributed by atoms with Crippen molar-refractivity contribution in [2.45, 2.75) is 11.8 Å². The number of alkyl halides is 1. The zero-order chi connectivity index (χ0) is 10.7. The van der Waals surface area contributed by atoms with Crippen LogP contribution in [-0.4, -0.2) is 4.83 Å². The lowest BCUT2D eigenvalue weighted by Gasteiger charge is -2.01. The molecular formula is C14H13Br. The number of hydrogen-bond donors (Lipinski definition) is 0. The van der Waals surface area contributed by atoms with E-state index in [1.54, 1.807) is 0 Å². The van der Waals surface area contributed by atoms with Gasteiger partial charge in [-0.25, -0.2) is 0 Å². The van der Waals surface area contributed by atoms with Crippen LogP contribution in [0.4, 0.5) is 0 Å². The molecule has 0 radical (unpaired) electrons. The van der Waals surface area contributed by atoms with E-state index in [-0.39, 0.29) is 0 Å². The van der Waals surface area contributed by atoms with E-state index in [4.69, 9.17) is 0 Å². The van der Waals surface area contributed by atoms with Gasteiger partial charge in [-0.1, -0.05) is 70.5 Å². The normalized spacial score (nSPS) is 13.5.